The highest BCUT2D eigenvalue weighted by atomic mass is 16.3. The average Bonchev–Trinajstić information content (AvgIpc) is 2.26. The van der Waals surface area contributed by atoms with E-state index in [2.05, 4.69) is 12.2 Å². The number of aliphatic hydroxyl groups is 1. The summed E-state index contributed by atoms with van der Waals surface area (Å²) in [7, 11) is 0. The Labute approximate surface area is 92.3 Å². The summed E-state index contributed by atoms with van der Waals surface area (Å²) in [5.74, 6) is 0.323. The summed E-state index contributed by atoms with van der Waals surface area (Å²) in [5, 5.41) is 11.8. The molecule has 88 valence electrons. The van der Waals surface area contributed by atoms with Gasteiger partial charge in [-0.15, -0.1) is 0 Å². The fourth-order valence-corrected chi connectivity index (χ4v) is 2.10. The maximum absolute atomic E-state index is 11.9. The molecule has 0 radical (unpaired) electrons. The fraction of sp³-hybridized carbons (Fsp3) is 0.917. The van der Waals surface area contributed by atoms with Gasteiger partial charge in [0, 0.05) is 18.6 Å². The van der Waals surface area contributed by atoms with Gasteiger partial charge in [0.25, 0.3) is 0 Å². The van der Waals surface area contributed by atoms with Crippen molar-refractivity contribution in [2.45, 2.75) is 46.0 Å². The second kappa shape index (κ2) is 5.50. The van der Waals surface area contributed by atoms with Gasteiger partial charge in [0.05, 0.1) is 0 Å². The van der Waals surface area contributed by atoms with Crippen molar-refractivity contribution in [3.05, 3.63) is 0 Å². The van der Waals surface area contributed by atoms with Crippen molar-refractivity contribution < 1.29 is 9.90 Å². The van der Waals surface area contributed by atoms with Crippen LogP contribution in [0.25, 0.3) is 0 Å². The highest BCUT2D eigenvalue weighted by Gasteiger charge is 2.34. The van der Waals surface area contributed by atoms with Gasteiger partial charge in [-0.1, -0.05) is 33.1 Å². The Kier molecular flexibility index (Phi) is 4.58. The number of carbonyl (C=O) groups excluding carboxylic acids is 1. The molecule has 1 amide bonds. The van der Waals surface area contributed by atoms with E-state index in [1.165, 1.54) is 19.3 Å². The van der Waals surface area contributed by atoms with Crippen molar-refractivity contribution in [2.24, 2.45) is 11.3 Å². The van der Waals surface area contributed by atoms with Crippen LogP contribution >= 0.6 is 0 Å². The average molecular weight is 213 g/mol. The first-order valence-electron chi connectivity index (χ1n) is 5.97. The topological polar surface area (TPSA) is 49.3 Å². The number of hydrogen-bond acceptors (Lipinski definition) is 2. The van der Waals surface area contributed by atoms with E-state index < -0.39 is 0 Å². The smallest absolute Gasteiger partial charge is 0.225 e. The Balaban J connectivity index is 2.37. The van der Waals surface area contributed by atoms with Crippen molar-refractivity contribution in [3.63, 3.8) is 0 Å². The van der Waals surface area contributed by atoms with Crippen LogP contribution in [0.1, 0.15) is 46.0 Å². The van der Waals surface area contributed by atoms with Gasteiger partial charge in [-0.3, -0.25) is 4.79 Å². The molecule has 3 heteroatoms. The number of aliphatic hydroxyl groups excluding tert-OH is 1. The molecule has 0 aromatic carbocycles. The highest BCUT2D eigenvalue weighted by Crippen LogP contribution is 2.35. The molecule has 0 heterocycles. The summed E-state index contributed by atoms with van der Waals surface area (Å²) in [5.41, 5.74) is -0.159. The summed E-state index contributed by atoms with van der Waals surface area (Å²) in [4.78, 5) is 11.9. The van der Waals surface area contributed by atoms with Gasteiger partial charge in [-0.25, -0.2) is 0 Å². The number of rotatable bonds is 4. The zero-order valence-corrected chi connectivity index (χ0v) is 9.88. The lowest BCUT2D eigenvalue weighted by atomic mass is 9.75. The molecule has 1 aliphatic carbocycles. The minimum absolute atomic E-state index is 0.136. The predicted octanol–water partition coefficient (Wildman–Crippen LogP) is 1.70. The van der Waals surface area contributed by atoms with Crippen LogP contribution in [0.2, 0.25) is 0 Å². The van der Waals surface area contributed by atoms with Crippen molar-refractivity contribution >= 4 is 5.91 Å². The number of amides is 1. The van der Waals surface area contributed by atoms with Gasteiger partial charge in [0.1, 0.15) is 0 Å². The molecule has 0 saturated heterocycles. The maximum atomic E-state index is 11.9. The van der Waals surface area contributed by atoms with Crippen LogP contribution in [0, 0.1) is 11.3 Å². The molecule has 0 aromatic heterocycles. The number of carbonyl (C=O) groups is 1. The van der Waals surface area contributed by atoms with Crippen LogP contribution in [-0.4, -0.2) is 24.2 Å². The van der Waals surface area contributed by atoms with E-state index in [1.807, 2.05) is 6.92 Å². The highest BCUT2D eigenvalue weighted by molar-refractivity contribution is 5.82. The third kappa shape index (κ3) is 3.49. The van der Waals surface area contributed by atoms with E-state index in [1.54, 1.807) is 0 Å². The van der Waals surface area contributed by atoms with Crippen LogP contribution in [0.3, 0.4) is 0 Å². The summed E-state index contributed by atoms with van der Waals surface area (Å²) in [6.07, 6.45) is 5.60. The Bertz CT molecular complexity index is 210. The summed E-state index contributed by atoms with van der Waals surface area (Å²) < 4.78 is 0. The van der Waals surface area contributed by atoms with Gasteiger partial charge >= 0.3 is 0 Å². The Hall–Kier alpha value is -0.570. The molecule has 0 bridgehead atoms. The molecule has 1 atom stereocenters. The monoisotopic (exact) mass is 213 g/mol. The summed E-state index contributed by atoms with van der Waals surface area (Å²) in [6.45, 7) is 4.72. The van der Waals surface area contributed by atoms with E-state index in [0.717, 1.165) is 12.8 Å². The number of nitrogens with one attached hydrogen (secondary N) is 1. The minimum Gasteiger partial charge on any atom is -0.396 e. The van der Waals surface area contributed by atoms with Gasteiger partial charge in [0.2, 0.25) is 5.91 Å². The molecule has 0 aliphatic heterocycles. The minimum atomic E-state index is -0.159. The summed E-state index contributed by atoms with van der Waals surface area (Å²) in [6, 6.07) is 0. The van der Waals surface area contributed by atoms with Crippen LogP contribution in [0.15, 0.2) is 0 Å². The second-order valence-corrected chi connectivity index (χ2v) is 5.12. The Morgan fingerprint density at radius 3 is 2.53 bits per heavy atom. The molecule has 1 aliphatic rings. The van der Waals surface area contributed by atoms with E-state index >= 15 is 0 Å². The van der Waals surface area contributed by atoms with Gasteiger partial charge in [0.15, 0.2) is 0 Å². The molecular weight excluding hydrogens is 190 g/mol. The van der Waals surface area contributed by atoms with E-state index in [0.29, 0.717) is 6.54 Å². The second-order valence-electron chi connectivity index (χ2n) is 5.12. The first-order chi connectivity index (χ1) is 7.08. The third-order valence-electron chi connectivity index (χ3n) is 3.43. The zero-order valence-electron chi connectivity index (χ0n) is 9.88. The van der Waals surface area contributed by atoms with E-state index in [9.17, 15) is 4.79 Å². The largest absolute Gasteiger partial charge is 0.396 e. The first-order valence-corrected chi connectivity index (χ1v) is 5.97. The fourth-order valence-electron chi connectivity index (χ4n) is 2.10. The van der Waals surface area contributed by atoms with E-state index in [4.69, 9.17) is 5.11 Å². The SMILES string of the molecule is CC(CO)CNC(=O)C1(C)CCCCC1. The molecular formula is C12H23NO2. The molecule has 0 aromatic rings. The predicted molar refractivity (Wildman–Crippen MR) is 60.5 cm³/mol. The molecule has 15 heavy (non-hydrogen) atoms. The van der Waals surface area contributed by atoms with Gasteiger partial charge < -0.3 is 10.4 Å². The van der Waals surface area contributed by atoms with Crippen LogP contribution in [-0.2, 0) is 4.79 Å². The van der Waals surface area contributed by atoms with Crippen molar-refractivity contribution in [1.29, 1.82) is 0 Å². The normalized spacial score (nSPS) is 22.1. The maximum Gasteiger partial charge on any atom is 0.225 e. The van der Waals surface area contributed by atoms with E-state index in [-0.39, 0.29) is 23.8 Å². The summed E-state index contributed by atoms with van der Waals surface area (Å²) >= 11 is 0. The lowest BCUT2D eigenvalue weighted by Crippen LogP contribution is -2.42. The van der Waals surface area contributed by atoms with Crippen LogP contribution in [0.5, 0.6) is 0 Å². The molecule has 2 N–H and O–H groups in total. The zero-order chi connectivity index (χ0) is 11.3. The molecule has 0 spiro atoms. The lowest BCUT2D eigenvalue weighted by molar-refractivity contribution is -0.132. The van der Waals surface area contributed by atoms with Gasteiger partial charge in [-0.05, 0) is 18.8 Å². The molecule has 3 nitrogen and oxygen atoms in total. The number of hydrogen-bond donors (Lipinski definition) is 2. The molecule has 1 unspecified atom stereocenters. The van der Waals surface area contributed by atoms with Crippen molar-refractivity contribution in [1.82, 2.24) is 5.32 Å². The van der Waals surface area contributed by atoms with Crippen LogP contribution < -0.4 is 5.32 Å². The molecule has 1 saturated carbocycles. The third-order valence-corrected chi connectivity index (χ3v) is 3.43. The van der Waals surface area contributed by atoms with Gasteiger partial charge in [-0.2, -0.15) is 0 Å². The Morgan fingerprint density at radius 2 is 2.00 bits per heavy atom. The van der Waals surface area contributed by atoms with Crippen molar-refractivity contribution in [3.8, 4) is 0 Å². The molecule has 1 fully saturated rings. The van der Waals surface area contributed by atoms with Crippen molar-refractivity contribution in [2.75, 3.05) is 13.2 Å². The van der Waals surface area contributed by atoms with Crippen LogP contribution in [0.4, 0.5) is 0 Å². The standard InChI is InChI=1S/C12H23NO2/c1-10(9-14)8-13-11(15)12(2)6-4-3-5-7-12/h10,14H,3-9H2,1-2H3,(H,13,15). The first kappa shape index (κ1) is 12.5. The molecule has 1 rings (SSSR count). The lowest BCUT2D eigenvalue weighted by Gasteiger charge is -2.32. The Morgan fingerprint density at radius 1 is 1.40 bits per heavy atom. The quantitative estimate of drug-likeness (QED) is 0.746.